The fourth-order valence-corrected chi connectivity index (χ4v) is 2.74. The smallest absolute Gasteiger partial charge is 0.265 e. The Bertz CT molecular complexity index is 1170. The van der Waals surface area contributed by atoms with Gasteiger partial charge in [-0.25, -0.2) is 4.68 Å². The third-order valence-corrected chi connectivity index (χ3v) is 4.10. The number of benzene rings is 2. The Morgan fingerprint density at radius 1 is 1.14 bits per heavy atom. The molecule has 0 saturated heterocycles. The number of fused-ring (bicyclic) bond motifs is 1. The summed E-state index contributed by atoms with van der Waals surface area (Å²) >= 11 is 0. The van der Waals surface area contributed by atoms with Gasteiger partial charge in [-0.3, -0.25) is 9.78 Å². The summed E-state index contributed by atoms with van der Waals surface area (Å²) in [7, 11) is 1.70. The molecule has 0 unspecified atom stereocenters. The fourth-order valence-electron chi connectivity index (χ4n) is 2.74. The Labute approximate surface area is 166 Å². The van der Waals surface area contributed by atoms with Gasteiger partial charge in [-0.05, 0) is 22.6 Å². The van der Waals surface area contributed by atoms with E-state index in [0.29, 0.717) is 17.2 Å². The average Bonchev–Trinajstić information content (AvgIpc) is 3.17. The first kappa shape index (κ1) is 18.2. The largest absolute Gasteiger partial charge is 0.385 e. The molecule has 2 heterocycles. The Kier molecular flexibility index (Phi) is 5.19. The van der Waals surface area contributed by atoms with E-state index in [2.05, 4.69) is 31.0 Å². The van der Waals surface area contributed by atoms with E-state index in [1.54, 1.807) is 13.2 Å². The first-order valence-electron chi connectivity index (χ1n) is 8.83. The van der Waals surface area contributed by atoms with Crippen molar-refractivity contribution in [3.05, 3.63) is 78.2 Å². The molecule has 2 aromatic carbocycles. The Morgan fingerprint density at radius 2 is 1.93 bits per heavy atom. The summed E-state index contributed by atoms with van der Waals surface area (Å²) in [6, 6.07) is 18.9. The predicted molar refractivity (Wildman–Crippen MR) is 107 cm³/mol. The normalized spacial score (nSPS) is 11.4. The highest BCUT2D eigenvalue weighted by atomic mass is 16.6. The van der Waals surface area contributed by atoms with Gasteiger partial charge >= 0.3 is 0 Å². The van der Waals surface area contributed by atoms with Crippen molar-refractivity contribution in [2.24, 2.45) is 12.2 Å². The fraction of sp³-hybridized carbons (Fsp3) is 0.100. The molecule has 2 aromatic heterocycles. The number of aryl methyl sites for hydroxylation is 1. The van der Waals surface area contributed by atoms with Crippen LogP contribution in [0.3, 0.4) is 0 Å². The number of nitrogens with zero attached hydrogens (tertiary/aromatic N) is 6. The van der Waals surface area contributed by atoms with Crippen LogP contribution in [-0.4, -0.2) is 43.4 Å². The van der Waals surface area contributed by atoms with Gasteiger partial charge in [-0.2, -0.15) is 0 Å². The molecule has 9 nitrogen and oxygen atoms in total. The van der Waals surface area contributed by atoms with Crippen LogP contribution in [-0.2, 0) is 16.7 Å². The summed E-state index contributed by atoms with van der Waals surface area (Å²) < 4.78 is 1.48. The highest BCUT2D eigenvalue weighted by molar-refractivity contribution is 6.10. The second kappa shape index (κ2) is 8.26. The van der Waals surface area contributed by atoms with Gasteiger partial charge in [0, 0.05) is 18.0 Å². The molecular weight excluding hydrogens is 370 g/mol. The lowest BCUT2D eigenvalue weighted by Gasteiger charge is -2.07. The molecule has 144 valence electrons. The molecule has 29 heavy (non-hydrogen) atoms. The topological polar surface area (TPSA) is 107 Å². The van der Waals surface area contributed by atoms with Crippen LogP contribution in [0.1, 0.15) is 11.4 Å². The summed E-state index contributed by atoms with van der Waals surface area (Å²) in [5.41, 5.74) is 2.64. The molecule has 0 fully saturated rings. The quantitative estimate of drug-likeness (QED) is 0.401. The summed E-state index contributed by atoms with van der Waals surface area (Å²) in [5.74, 6) is 0.0738. The van der Waals surface area contributed by atoms with E-state index in [1.165, 1.54) is 4.68 Å². The number of amides is 1. The highest BCUT2D eigenvalue weighted by Gasteiger charge is 2.15. The molecule has 0 spiro atoms. The number of anilines is 1. The van der Waals surface area contributed by atoms with Crippen molar-refractivity contribution in [3.8, 4) is 0 Å². The van der Waals surface area contributed by atoms with Crippen LogP contribution in [0.15, 0.2) is 72.0 Å². The minimum absolute atomic E-state index is 0.269. The number of nitrogens with one attached hydrogen (secondary N) is 1. The second-order valence-electron chi connectivity index (χ2n) is 6.17. The molecule has 1 amide bonds. The minimum atomic E-state index is -0.352. The van der Waals surface area contributed by atoms with Crippen LogP contribution < -0.4 is 5.32 Å². The number of aromatic nitrogens is 5. The van der Waals surface area contributed by atoms with Crippen LogP contribution in [0.5, 0.6) is 0 Å². The van der Waals surface area contributed by atoms with Crippen LogP contribution in [0.2, 0.25) is 0 Å². The number of rotatable bonds is 6. The van der Waals surface area contributed by atoms with Crippen LogP contribution in [0.4, 0.5) is 5.69 Å². The van der Waals surface area contributed by atoms with E-state index in [-0.39, 0.29) is 12.5 Å². The second-order valence-corrected chi connectivity index (χ2v) is 6.17. The lowest BCUT2D eigenvalue weighted by molar-refractivity contribution is -0.120. The van der Waals surface area contributed by atoms with Crippen LogP contribution in [0.25, 0.3) is 10.9 Å². The molecule has 0 saturated carbocycles. The SMILES string of the molecule is Cn1nnnc1/C(=N\OCC(=O)Nc1cnc2ccccc2c1)c1ccccc1. The number of oxime groups is 1. The van der Waals surface area contributed by atoms with Gasteiger partial charge < -0.3 is 10.2 Å². The Balaban J connectivity index is 1.46. The molecule has 0 atom stereocenters. The van der Waals surface area contributed by atoms with E-state index in [4.69, 9.17) is 4.84 Å². The number of hydrogen-bond acceptors (Lipinski definition) is 7. The maximum Gasteiger partial charge on any atom is 0.265 e. The molecule has 0 aliphatic rings. The molecular formula is C20H17N7O2. The first-order chi connectivity index (χ1) is 14.2. The predicted octanol–water partition coefficient (Wildman–Crippen LogP) is 2.17. The summed E-state index contributed by atoms with van der Waals surface area (Å²) in [5, 5.41) is 19.2. The molecule has 4 rings (SSSR count). The van der Waals surface area contributed by atoms with Gasteiger partial charge in [0.1, 0.15) is 0 Å². The monoisotopic (exact) mass is 387 g/mol. The van der Waals surface area contributed by atoms with E-state index >= 15 is 0 Å². The summed E-state index contributed by atoms with van der Waals surface area (Å²) in [4.78, 5) is 21.9. The van der Waals surface area contributed by atoms with E-state index < -0.39 is 0 Å². The molecule has 0 aliphatic carbocycles. The lowest BCUT2D eigenvalue weighted by atomic mass is 10.1. The first-order valence-corrected chi connectivity index (χ1v) is 8.83. The molecule has 0 aliphatic heterocycles. The van der Waals surface area contributed by atoms with Gasteiger partial charge in [-0.15, -0.1) is 5.10 Å². The van der Waals surface area contributed by atoms with Gasteiger partial charge in [0.25, 0.3) is 5.91 Å². The number of carbonyl (C=O) groups excluding carboxylic acids is 1. The summed E-state index contributed by atoms with van der Waals surface area (Å²) in [6.45, 7) is -0.269. The zero-order valence-electron chi connectivity index (χ0n) is 15.6. The molecule has 4 aromatic rings. The third-order valence-electron chi connectivity index (χ3n) is 4.10. The van der Waals surface area contributed by atoms with Gasteiger partial charge in [0.15, 0.2) is 12.3 Å². The number of carbonyl (C=O) groups is 1. The minimum Gasteiger partial charge on any atom is -0.385 e. The van der Waals surface area contributed by atoms with E-state index in [1.807, 2.05) is 60.7 Å². The standard InChI is InChI=1S/C20H17N7O2/c1-27-20(23-25-26-27)19(14-7-3-2-4-8-14)24-29-13-18(28)22-16-11-15-9-5-6-10-17(15)21-12-16/h2-12H,13H2,1H3,(H,22,28)/b24-19-. The van der Waals surface area contributed by atoms with Crippen molar-refractivity contribution in [3.63, 3.8) is 0 Å². The molecule has 0 bridgehead atoms. The van der Waals surface area contributed by atoms with Crippen molar-refractivity contribution in [2.75, 3.05) is 11.9 Å². The van der Waals surface area contributed by atoms with Crippen molar-refractivity contribution < 1.29 is 9.63 Å². The van der Waals surface area contributed by atoms with Gasteiger partial charge in [0.05, 0.1) is 17.4 Å². The van der Waals surface area contributed by atoms with Gasteiger partial charge in [-0.1, -0.05) is 53.7 Å². The number of para-hydroxylation sites is 1. The van der Waals surface area contributed by atoms with Crippen LogP contribution >= 0.6 is 0 Å². The van der Waals surface area contributed by atoms with Crippen LogP contribution in [0, 0.1) is 0 Å². The zero-order valence-corrected chi connectivity index (χ0v) is 15.6. The maximum atomic E-state index is 12.2. The van der Waals surface area contributed by atoms with Crippen molar-refractivity contribution in [1.29, 1.82) is 0 Å². The Hall–Kier alpha value is -4.14. The molecule has 1 N–H and O–H groups in total. The van der Waals surface area contributed by atoms with E-state index in [0.717, 1.165) is 16.5 Å². The lowest BCUT2D eigenvalue weighted by Crippen LogP contribution is -2.18. The third kappa shape index (κ3) is 4.24. The molecule has 0 radical (unpaired) electrons. The maximum absolute atomic E-state index is 12.2. The number of hydrogen-bond donors (Lipinski definition) is 1. The van der Waals surface area contributed by atoms with Crippen molar-refractivity contribution in [1.82, 2.24) is 25.2 Å². The highest BCUT2D eigenvalue weighted by Crippen LogP contribution is 2.16. The van der Waals surface area contributed by atoms with Gasteiger partial charge in [0.2, 0.25) is 5.82 Å². The zero-order chi connectivity index (χ0) is 20.1. The van der Waals surface area contributed by atoms with E-state index in [9.17, 15) is 4.79 Å². The Morgan fingerprint density at radius 3 is 2.72 bits per heavy atom. The average molecular weight is 387 g/mol. The molecule has 9 heteroatoms. The summed E-state index contributed by atoms with van der Waals surface area (Å²) in [6.07, 6.45) is 1.60. The van der Waals surface area contributed by atoms with Crippen molar-refractivity contribution >= 4 is 28.2 Å². The van der Waals surface area contributed by atoms with Crippen molar-refractivity contribution in [2.45, 2.75) is 0 Å². The number of pyridine rings is 1. The number of tetrazole rings is 1.